The van der Waals surface area contributed by atoms with Crippen LogP contribution >= 0.6 is 0 Å². The van der Waals surface area contributed by atoms with Gasteiger partial charge in [0.1, 0.15) is 0 Å². The molecule has 3 unspecified atom stereocenters. The van der Waals surface area contributed by atoms with E-state index in [1.54, 1.807) is 5.56 Å². The summed E-state index contributed by atoms with van der Waals surface area (Å²) in [6.07, 6.45) is 5.34. The van der Waals surface area contributed by atoms with Crippen molar-refractivity contribution in [2.24, 2.45) is 11.8 Å². The van der Waals surface area contributed by atoms with Crippen molar-refractivity contribution >= 4 is 17.1 Å². The molecule has 2 fully saturated rings. The monoisotopic (exact) mass is 833 g/mol. The maximum absolute atomic E-state index is 2.58. The van der Waals surface area contributed by atoms with Gasteiger partial charge in [-0.15, -0.1) is 0 Å². The Morgan fingerprint density at radius 3 is 1.49 bits per heavy atom. The van der Waals surface area contributed by atoms with Crippen molar-refractivity contribution in [1.29, 1.82) is 0 Å². The Morgan fingerprint density at radius 1 is 0.369 bits per heavy atom. The van der Waals surface area contributed by atoms with Crippen molar-refractivity contribution in [3.8, 4) is 66.8 Å². The molecule has 1 spiro atoms. The quantitative estimate of drug-likeness (QED) is 0.155. The maximum atomic E-state index is 2.58. The first-order valence-corrected chi connectivity index (χ1v) is 23.7. The molecular weight excluding hydrogens is 783 g/mol. The van der Waals surface area contributed by atoms with Crippen molar-refractivity contribution in [3.05, 3.63) is 235 Å². The summed E-state index contributed by atoms with van der Waals surface area (Å²) in [4.78, 5) is 2.50. The first-order chi connectivity index (χ1) is 32.0. The molecule has 0 heterocycles. The molecular formula is C64H51N. The fraction of sp³-hybridized carbons (Fsp3) is 0.156. The van der Waals surface area contributed by atoms with Crippen LogP contribution < -0.4 is 4.90 Å². The minimum absolute atomic E-state index is 0.0838. The van der Waals surface area contributed by atoms with Gasteiger partial charge in [0, 0.05) is 27.9 Å². The minimum Gasteiger partial charge on any atom is -0.310 e. The lowest BCUT2D eigenvalue weighted by Crippen LogP contribution is -2.32. The highest BCUT2D eigenvalue weighted by molar-refractivity contribution is 5.91. The maximum Gasteiger partial charge on any atom is 0.0465 e. The average Bonchev–Trinajstić information content (AvgIpc) is 4.12. The van der Waals surface area contributed by atoms with Gasteiger partial charge in [0.15, 0.2) is 0 Å². The van der Waals surface area contributed by atoms with Crippen LogP contribution in [0.15, 0.2) is 212 Å². The number of hydrogen-bond donors (Lipinski definition) is 0. The van der Waals surface area contributed by atoms with E-state index in [1.165, 1.54) is 115 Å². The third-order valence-corrected chi connectivity index (χ3v) is 16.0. The van der Waals surface area contributed by atoms with Crippen molar-refractivity contribution in [2.45, 2.75) is 50.4 Å². The highest BCUT2D eigenvalue weighted by atomic mass is 15.1. The third kappa shape index (κ3) is 5.84. The van der Waals surface area contributed by atoms with Gasteiger partial charge in [-0.2, -0.15) is 0 Å². The molecule has 312 valence electrons. The SMILES string of the molecule is CC1(C)c2ccccc2-c2cccc(-c3ccc(N(c4ccc(-c5ccc(-c6ccccc6-c6ccccc6)cc5)cc4)c4ccc5c(c4)C4(CC6CCC4C6)c4ccccc4-5)cc3)c21. The van der Waals surface area contributed by atoms with E-state index in [9.17, 15) is 0 Å². The molecule has 0 N–H and O–H groups in total. The third-order valence-electron chi connectivity index (χ3n) is 16.0. The Balaban J connectivity index is 0.893. The molecule has 13 rings (SSSR count). The van der Waals surface area contributed by atoms with Gasteiger partial charge in [0.05, 0.1) is 0 Å². The number of rotatable bonds is 7. The summed E-state index contributed by atoms with van der Waals surface area (Å²) < 4.78 is 0. The number of anilines is 3. The molecule has 0 radical (unpaired) electrons. The molecule has 4 aliphatic rings. The van der Waals surface area contributed by atoms with Crippen LogP contribution in [0, 0.1) is 11.8 Å². The van der Waals surface area contributed by atoms with Crippen LogP contribution in [0.1, 0.15) is 61.8 Å². The van der Waals surface area contributed by atoms with Gasteiger partial charge in [-0.25, -0.2) is 0 Å². The van der Waals surface area contributed by atoms with E-state index >= 15 is 0 Å². The molecule has 1 heteroatoms. The van der Waals surface area contributed by atoms with Crippen LogP contribution in [0.4, 0.5) is 17.1 Å². The van der Waals surface area contributed by atoms with Crippen molar-refractivity contribution < 1.29 is 0 Å². The number of fused-ring (bicyclic) bond motifs is 11. The van der Waals surface area contributed by atoms with E-state index in [-0.39, 0.29) is 10.8 Å². The van der Waals surface area contributed by atoms with E-state index < -0.39 is 0 Å². The Bertz CT molecular complexity index is 3280. The standard InChI is InChI=1S/C64H51N/c1-63(2)59-21-10-8-18-56(59)58-20-12-19-54(62(58)63)47-30-35-50(36-31-47)65(51-37-38-57-55-17-9-11-22-60(55)64(61(57)40-51)41-42-23-32-48(64)39-42)49-33-28-44(29-34-49)43-24-26-46(27-25-43)53-16-7-6-15-52(53)45-13-4-3-5-14-45/h3-22,24-31,33-38,40,42,48H,23,32,39,41H2,1-2H3. The predicted octanol–water partition coefficient (Wildman–Crippen LogP) is 17.2. The van der Waals surface area contributed by atoms with E-state index in [0.29, 0.717) is 5.92 Å². The van der Waals surface area contributed by atoms with Crippen LogP contribution in [0.25, 0.3) is 66.8 Å². The predicted molar refractivity (Wildman–Crippen MR) is 272 cm³/mol. The summed E-state index contributed by atoms with van der Waals surface area (Å²) in [5.41, 5.74) is 25.0. The molecule has 2 bridgehead atoms. The van der Waals surface area contributed by atoms with Crippen LogP contribution in [-0.2, 0) is 10.8 Å². The first kappa shape index (κ1) is 38.3. The van der Waals surface area contributed by atoms with Gasteiger partial charge in [0.25, 0.3) is 0 Å². The Morgan fingerprint density at radius 2 is 0.846 bits per heavy atom. The second kappa shape index (κ2) is 14.7. The fourth-order valence-corrected chi connectivity index (χ4v) is 13.1. The van der Waals surface area contributed by atoms with Gasteiger partial charge >= 0.3 is 0 Å². The fourth-order valence-electron chi connectivity index (χ4n) is 13.1. The molecule has 2 saturated carbocycles. The van der Waals surface area contributed by atoms with Gasteiger partial charge in [-0.05, 0) is 157 Å². The minimum atomic E-state index is -0.0838. The molecule has 0 amide bonds. The summed E-state index contributed by atoms with van der Waals surface area (Å²) in [5.74, 6) is 1.53. The number of benzene rings is 9. The molecule has 0 aliphatic heterocycles. The zero-order valence-corrected chi connectivity index (χ0v) is 37.1. The van der Waals surface area contributed by atoms with E-state index in [0.717, 1.165) is 17.3 Å². The Kier molecular flexibility index (Phi) is 8.63. The average molecular weight is 834 g/mol. The summed E-state index contributed by atoms with van der Waals surface area (Å²) in [5, 5.41) is 0. The second-order valence-electron chi connectivity index (χ2n) is 19.6. The molecule has 1 nitrogen and oxygen atoms in total. The molecule has 9 aromatic rings. The van der Waals surface area contributed by atoms with Crippen molar-refractivity contribution in [3.63, 3.8) is 0 Å². The lowest BCUT2D eigenvalue weighted by molar-refractivity contribution is 0.327. The van der Waals surface area contributed by atoms with Crippen LogP contribution in [0.3, 0.4) is 0 Å². The van der Waals surface area contributed by atoms with Gasteiger partial charge in [0.2, 0.25) is 0 Å². The van der Waals surface area contributed by atoms with Crippen LogP contribution in [0.5, 0.6) is 0 Å². The first-order valence-electron chi connectivity index (χ1n) is 23.7. The van der Waals surface area contributed by atoms with Crippen LogP contribution in [-0.4, -0.2) is 0 Å². The molecule has 3 atom stereocenters. The van der Waals surface area contributed by atoms with E-state index in [4.69, 9.17) is 0 Å². The molecule has 0 saturated heterocycles. The zero-order valence-electron chi connectivity index (χ0n) is 37.1. The smallest absolute Gasteiger partial charge is 0.0465 e. The molecule has 4 aliphatic carbocycles. The van der Waals surface area contributed by atoms with E-state index in [2.05, 4.69) is 231 Å². The van der Waals surface area contributed by atoms with Crippen LogP contribution in [0.2, 0.25) is 0 Å². The number of hydrogen-bond acceptors (Lipinski definition) is 1. The van der Waals surface area contributed by atoms with Crippen molar-refractivity contribution in [2.75, 3.05) is 4.90 Å². The lowest BCUT2D eigenvalue weighted by Gasteiger charge is -2.37. The summed E-state index contributed by atoms with van der Waals surface area (Å²) >= 11 is 0. The molecule has 9 aromatic carbocycles. The zero-order chi connectivity index (χ0) is 43.3. The Hall–Kier alpha value is -7.22. The van der Waals surface area contributed by atoms with Gasteiger partial charge in [-0.1, -0.05) is 196 Å². The van der Waals surface area contributed by atoms with Gasteiger partial charge < -0.3 is 4.90 Å². The normalized spacial score (nSPS) is 19.2. The summed E-state index contributed by atoms with van der Waals surface area (Å²) in [6, 6.07) is 79.7. The van der Waals surface area contributed by atoms with Crippen molar-refractivity contribution in [1.82, 2.24) is 0 Å². The topological polar surface area (TPSA) is 3.24 Å². The largest absolute Gasteiger partial charge is 0.310 e. The van der Waals surface area contributed by atoms with E-state index in [1.807, 2.05) is 0 Å². The second-order valence-corrected chi connectivity index (χ2v) is 19.6. The highest BCUT2D eigenvalue weighted by Gasteiger charge is 2.56. The highest BCUT2D eigenvalue weighted by Crippen LogP contribution is 2.66. The summed E-state index contributed by atoms with van der Waals surface area (Å²) in [6.45, 7) is 4.77. The molecule has 65 heavy (non-hydrogen) atoms. The molecule has 0 aromatic heterocycles. The summed E-state index contributed by atoms with van der Waals surface area (Å²) in [7, 11) is 0. The number of nitrogens with zero attached hydrogens (tertiary/aromatic N) is 1. The lowest BCUT2D eigenvalue weighted by atomic mass is 9.67. The Labute approximate surface area is 383 Å². The van der Waals surface area contributed by atoms with Gasteiger partial charge in [-0.3, -0.25) is 0 Å².